The Kier molecular flexibility index (Phi) is 6.11. The van der Waals surface area contributed by atoms with Crippen molar-refractivity contribution in [1.82, 2.24) is 0 Å². The van der Waals surface area contributed by atoms with Crippen LogP contribution in [0.25, 0.3) is 87.3 Å². The molecule has 0 N–H and O–H groups in total. The molecule has 3 nitrogen and oxygen atoms in total. The quantitative estimate of drug-likeness (QED) is 0.135. The molecule has 0 spiro atoms. The zero-order valence-corrected chi connectivity index (χ0v) is 31.2. The highest BCUT2D eigenvalue weighted by atomic mass is 31.2. The first-order chi connectivity index (χ1) is 26.9. The molecule has 1 aliphatic carbocycles. The first-order valence-electron chi connectivity index (χ1n) is 18.8. The summed E-state index contributed by atoms with van der Waals surface area (Å²) in [6, 6.07) is 57.2. The summed E-state index contributed by atoms with van der Waals surface area (Å²) < 4.78 is 29.0. The van der Waals surface area contributed by atoms with E-state index < -0.39 is 7.14 Å². The highest BCUT2D eigenvalue weighted by Crippen LogP contribution is 2.53. The highest BCUT2D eigenvalue weighted by Gasteiger charge is 2.39. The van der Waals surface area contributed by atoms with Crippen molar-refractivity contribution in [2.75, 3.05) is 0 Å². The minimum absolute atomic E-state index is 0.331. The maximum atomic E-state index is 16.5. The highest BCUT2D eigenvalue weighted by molar-refractivity contribution is 7.85. The lowest BCUT2D eigenvalue weighted by Gasteiger charge is -2.25. The second kappa shape index (κ2) is 10.8. The van der Waals surface area contributed by atoms with Crippen LogP contribution >= 0.6 is 7.14 Å². The predicted molar refractivity (Wildman–Crippen MR) is 230 cm³/mol. The fourth-order valence-corrected chi connectivity index (χ4v) is 12.3. The Bertz CT molecular complexity index is 3390. The molecule has 0 unspecified atom stereocenters. The third-order valence-electron chi connectivity index (χ3n) is 12.3. The van der Waals surface area contributed by atoms with E-state index in [4.69, 9.17) is 8.83 Å². The molecular formula is C51H33O3P. The molecule has 2 aromatic heterocycles. The molecule has 1 aliphatic rings. The van der Waals surface area contributed by atoms with E-state index in [1.54, 1.807) is 0 Å². The van der Waals surface area contributed by atoms with E-state index in [9.17, 15) is 0 Å². The van der Waals surface area contributed by atoms with Crippen molar-refractivity contribution in [3.8, 4) is 11.1 Å². The number of para-hydroxylation sites is 2. The molecule has 4 heteroatoms. The van der Waals surface area contributed by atoms with Crippen molar-refractivity contribution in [3.05, 3.63) is 175 Å². The first kappa shape index (κ1) is 31.0. The van der Waals surface area contributed by atoms with Gasteiger partial charge in [-0.05, 0) is 121 Å². The van der Waals surface area contributed by atoms with Crippen LogP contribution in [0.5, 0.6) is 0 Å². The second-order valence-electron chi connectivity index (χ2n) is 15.6. The molecule has 55 heavy (non-hydrogen) atoms. The van der Waals surface area contributed by atoms with Gasteiger partial charge in [-0.2, -0.15) is 0 Å². The summed E-state index contributed by atoms with van der Waals surface area (Å²) in [6.07, 6.45) is 0. The Labute approximate surface area is 316 Å². The third-order valence-corrected chi connectivity index (χ3v) is 15.3. The van der Waals surface area contributed by atoms with E-state index in [1.165, 1.54) is 54.6 Å². The molecule has 0 saturated carbocycles. The molecule has 0 atom stereocenters. The van der Waals surface area contributed by atoms with E-state index in [2.05, 4.69) is 117 Å². The summed E-state index contributed by atoms with van der Waals surface area (Å²) in [5.41, 5.74) is 7.79. The molecule has 0 amide bonds. The maximum Gasteiger partial charge on any atom is 0.171 e. The third kappa shape index (κ3) is 4.14. The molecule has 12 rings (SSSR count). The normalized spacial score (nSPS) is 13.9. The molecule has 2 heterocycles. The fourth-order valence-electron chi connectivity index (χ4n) is 9.58. The molecule has 11 aromatic rings. The van der Waals surface area contributed by atoms with Gasteiger partial charge in [0.05, 0.1) is 0 Å². The van der Waals surface area contributed by atoms with Gasteiger partial charge in [-0.3, -0.25) is 0 Å². The van der Waals surface area contributed by atoms with Crippen LogP contribution in [0, 0.1) is 0 Å². The zero-order valence-electron chi connectivity index (χ0n) is 30.3. The van der Waals surface area contributed by atoms with Gasteiger partial charge in [0.25, 0.3) is 0 Å². The van der Waals surface area contributed by atoms with Gasteiger partial charge in [0.2, 0.25) is 0 Å². The summed E-state index contributed by atoms with van der Waals surface area (Å²) in [5, 5.41) is 13.9. The largest absolute Gasteiger partial charge is 0.456 e. The molecule has 0 aliphatic heterocycles. The van der Waals surface area contributed by atoms with E-state index in [-0.39, 0.29) is 5.41 Å². The van der Waals surface area contributed by atoms with Crippen LogP contribution in [-0.2, 0) is 9.98 Å². The summed E-state index contributed by atoms with van der Waals surface area (Å²) in [5.74, 6) is 0. The van der Waals surface area contributed by atoms with Crippen LogP contribution in [0.4, 0.5) is 0 Å². The molecule has 9 aromatic carbocycles. The van der Waals surface area contributed by atoms with Gasteiger partial charge in [-0.25, -0.2) is 0 Å². The van der Waals surface area contributed by atoms with Crippen molar-refractivity contribution >= 4 is 99.2 Å². The Morgan fingerprint density at radius 1 is 0.364 bits per heavy atom. The molecule has 0 fully saturated rings. The predicted octanol–water partition coefficient (Wildman–Crippen LogP) is 12.9. The van der Waals surface area contributed by atoms with Gasteiger partial charge in [0.15, 0.2) is 7.14 Å². The van der Waals surface area contributed by atoms with Crippen LogP contribution in [0.2, 0.25) is 0 Å². The summed E-state index contributed by atoms with van der Waals surface area (Å²) >= 11 is 0. The standard InChI is InChI=1S/C51H33O3P/c1-51(2)45-27-32(19-22-37(45)42-28-40-35-13-5-3-11-33(35)34-12-4-6-14-36(34)41(40)29-46(42)51)55(52,30-20-23-49-43(25-30)38-15-7-9-17-47(38)53-49)31-21-24-50-44(26-31)39-16-8-10-18-48(39)54-50/h3-29H,1-2H3. The topological polar surface area (TPSA) is 43.4 Å². The number of fused-ring (bicyclic) bond motifs is 15. The average molecular weight is 725 g/mol. The van der Waals surface area contributed by atoms with E-state index in [0.29, 0.717) is 0 Å². The van der Waals surface area contributed by atoms with Gasteiger partial charge in [0, 0.05) is 42.9 Å². The Balaban J connectivity index is 1.12. The Hall–Kier alpha value is -6.41. The van der Waals surface area contributed by atoms with E-state index in [1.807, 2.05) is 60.7 Å². The van der Waals surface area contributed by atoms with Crippen LogP contribution < -0.4 is 15.9 Å². The Morgan fingerprint density at radius 3 is 1.31 bits per heavy atom. The minimum atomic E-state index is -3.47. The number of hydrogen-bond acceptors (Lipinski definition) is 3. The maximum absolute atomic E-state index is 16.5. The minimum Gasteiger partial charge on any atom is -0.456 e. The number of hydrogen-bond donors (Lipinski definition) is 0. The molecule has 0 saturated heterocycles. The second-order valence-corrected chi connectivity index (χ2v) is 18.3. The van der Waals surface area contributed by atoms with Crippen molar-refractivity contribution in [2.24, 2.45) is 0 Å². The lowest BCUT2D eigenvalue weighted by Crippen LogP contribution is -2.26. The zero-order chi connectivity index (χ0) is 36.6. The first-order valence-corrected chi connectivity index (χ1v) is 20.6. The lowest BCUT2D eigenvalue weighted by molar-refractivity contribution is 0.592. The molecule has 260 valence electrons. The lowest BCUT2D eigenvalue weighted by atomic mass is 9.81. The van der Waals surface area contributed by atoms with Crippen LogP contribution in [0.1, 0.15) is 25.0 Å². The van der Waals surface area contributed by atoms with Gasteiger partial charge in [-0.1, -0.05) is 111 Å². The number of furan rings is 2. The van der Waals surface area contributed by atoms with Crippen molar-refractivity contribution in [2.45, 2.75) is 19.3 Å². The van der Waals surface area contributed by atoms with Crippen molar-refractivity contribution in [3.63, 3.8) is 0 Å². The SMILES string of the molecule is CC1(C)c2cc(P(=O)(c3ccc4oc5ccccc5c4c3)c3ccc4oc5ccccc5c4c3)ccc2-c2cc3c4ccccc4c4ccccc4c3cc21. The van der Waals surface area contributed by atoms with E-state index in [0.717, 1.165) is 59.8 Å². The van der Waals surface area contributed by atoms with Gasteiger partial charge in [0.1, 0.15) is 22.3 Å². The van der Waals surface area contributed by atoms with Gasteiger partial charge >= 0.3 is 0 Å². The summed E-state index contributed by atoms with van der Waals surface area (Å²) in [4.78, 5) is 0. The smallest absolute Gasteiger partial charge is 0.171 e. The van der Waals surface area contributed by atoms with Crippen LogP contribution in [0.15, 0.2) is 173 Å². The monoisotopic (exact) mass is 724 g/mol. The summed E-state index contributed by atoms with van der Waals surface area (Å²) in [7, 11) is -3.47. The molecule has 0 bridgehead atoms. The van der Waals surface area contributed by atoms with Gasteiger partial charge in [-0.15, -0.1) is 0 Å². The molecular weight excluding hydrogens is 692 g/mol. The fraction of sp³-hybridized carbons (Fsp3) is 0.0588. The van der Waals surface area contributed by atoms with Crippen LogP contribution in [0.3, 0.4) is 0 Å². The number of benzene rings is 9. The molecule has 0 radical (unpaired) electrons. The number of rotatable bonds is 3. The van der Waals surface area contributed by atoms with Crippen LogP contribution in [-0.4, -0.2) is 0 Å². The van der Waals surface area contributed by atoms with E-state index >= 15 is 4.57 Å². The van der Waals surface area contributed by atoms with Crippen molar-refractivity contribution < 1.29 is 13.4 Å². The Morgan fingerprint density at radius 2 is 0.764 bits per heavy atom. The average Bonchev–Trinajstić information content (AvgIpc) is 3.87. The van der Waals surface area contributed by atoms with Crippen molar-refractivity contribution in [1.29, 1.82) is 0 Å². The summed E-state index contributed by atoms with van der Waals surface area (Å²) in [6.45, 7) is 4.63. The van der Waals surface area contributed by atoms with Gasteiger partial charge < -0.3 is 13.4 Å².